The Hall–Kier alpha value is -2.91. The van der Waals surface area contributed by atoms with Gasteiger partial charge >= 0.3 is 0 Å². The second-order valence-corrected chi connectivity index (χ2v) is 8.63. The molecule has 0 radical (unpaired) electrons. The fraction of sp³-hybridized carbons (Fsp3) is 0.296. The van der Waals surface area contributed by atoms with E-state index >= 15 is 0 Å². The first-order valence-electron chi connectivity index (χ1n) is 11.0. The Morgan fingerprint density at radius 2 is 1.43 bits per heavy atom. The Balaban J connectivity index is 1.59. The van der Waals surface area contributed by atoms with Crippen molar-refractivity contribution in [3.05, 3.63) is 106 Å². The third-order valence-corrected chi connectivity index (χ3v) is 6.77. The highest BCUT2D eigenvalue weighted by Gasteiger charge is 2.39. The number of fused-ring (bicyclic) bond motifs is 2. The third kappa shape index (κ3) is 3.23. The number of nitrogens with two attached hydrogens (primary N) is 1. The largest absolute Gasteiger partial charge is 0.325 e. The van der Waals surface area contributed by atoms with E-state index in [0.717, 1.165) is 36.8 Å². The molecule has 152 valence electrons. The Morgan fingerprint density at radius 3 is 2.00 bits per heavy atom. The van der Waals surface area contributed by atoms with E-state index < -0.39 is 0 Å². The van der Waals surface area contributed by atoms with Crippen LogP contribution in [0.5, 0.6) is 0 Å². The predicted molar refractivity (Wildman–Crippen MR) is 120 cm³/mol. The number of carbonyl (C=O) groups excluding carboxylic acids is 1. The van der Waals surface area contributed by atoms with E-state index in [2.05, 4.69) is 53.4 Å². The lowest BCUT2D eigenvalue weighted by atomic mass is 9.98. The molecule has 3 unspecified atom stereocenters. The van der Waals surface area contributed by atoms with Gasteiger partial charge in [0.25, 0.3) is 5.91 Å². The van der Waals surface area contributed by atoms with Gasteiger partial charge in [-0.05, 0) is 72.6 Å². The van der Waals surface area contributed by atoms with Gasteiger partial charge in [0.1, 0.15) is 0 Å². The number of hydrogen-bond donors (Lipinski definition) is 1. The quantitative estimate of drug-likeness (QED) is 0.631. The van der Waals surface area contributed by atoms with Crippen LogP contribution in [-0.4, -0.2) is 10.8 Å². The fourth-order valence-electron chi connectivity index (χ4n) is 5.25. The minimum Gasteiger partial charge on any atom is -0.325 e. The summed E-state index contributed by atoms with van der Waals surface area (Å²) in [5, 5.41) is 0. The minimum atomic E-state index is -0.0920. The summed E-state index contributed by atoms with van der Waals surface area (Å²) in [7, 11) is 0. The van der Waals surface area contributed by atoms with Crippen molar-refractivity contribution >= 4 is 5.91 Å². The standard InChI is InChI=1S/C27H28N2O/c1-18(28)21-9-6-10-22(17-21)27(30)29(25-15-13-19-7-2-4-11-23(19)25)26-16-14-20-8-3-5-12-24(20)26/h2-12,17-18,25-26H,13-16,28H2,1H3. The molecule has 3 heteroatoms. The number of hydrogen-bond acceptors (Lipinski definition) is 2. The van der Waals surface area contributed by atoms with Gasteiger partial charge in [0.15, 0.2) is 0 Å². The summed E-state index contributed by atoms with van der Waals surface area (Å²) in [6.07, 6.45) is 4.02. The zero-order chi connectivity index (χ0) is 20.7. The number of nitrogens with zero attached hydrogens (tertiary/aromatic N) is 1. The van der Waals surface area contributed by atoms with Crippen molar-refractivity contribution < 1.29 is 4.79 Å². The van der Waals surface area contributed by atoms with Crippen LogP contribution in [0.25, 0.3) is 0 Å². The number of benzene rings is 3. The number of aryl methyl sites for hydroxylation is 2. The van der Waals surface area contributed by atoms with Gasteiger partial charge in [0, 0.05) is 11.6 Å². The molecule has 2 N–H and O–H groups in total. The monoisotopic (exact) mass is 396 g/mol. The zero-order valence-corrected chi connectivity index (χ0v) is 17.4. The second kappa shape index (κ2) is 7.73. The van der Waals surface area contributed by atoms with E-state index in [-0.39, 0.29) is 24.0 Å². The molecule has 3 aromatic rings. The topological polar surface area (TPSA) is 46.3 Å². The van der Waals surface area contributed by atoms with Crippen LogP contribution in [0.3, 0.4) is 0 Å². The molecule has 0 saturated heterocycles. The van der Waals surface area contributed by atoms with Crippen LogP contribution >= 0.6 is 0 Å². The first-order valence-corrected chi connectivity index (χ1v) is 11.0. The average Bonchev–Trinajstić information content (AvgIpc) is 3.39. The van der Waals surface area contributed by atoms with E-state index in [0.29, 0.717) is 0 Å². The molecule has 0 aromatic heterocycles. The van der Waals surface area contributed by atoms with Crippen LogP contribution in [0, 0.1) is 0 Å². The molecule has 0 heterocycles. The first kappa shape index (κ1) is 19.1. The number of amides is 1. The lowest BCUT2D eigenvalue weighted by Crippen LogP contribution is -2.37. The van der Waals surface area contributed by atoms with Gasteiger partial charge in [-0.15, -0.1) is 0 Å². The van der Waals surface area contributed by atoms with Gasteiger partial charge in [0.2, 0.25) is 0 Å². The van der Waals surface area contributed by atoms with Crippen LogP contribution in [-0.2, 0) is 12.8 Å². The van der Waals surface area contributed by atoms with Crippen LogP contribution in [0.15, 0.2) is 72.8 Å². The molecule has 0 bridgehead atoms. The van der Waals surface area contributed by atoms with Gasteiger partial charge in [-0.2, -0.15) is 0 Å². The molecule has 30 heavy (non-hydrogen) atoms. The van der Waals surface area contributed by atoms with E-state index in [1.54, 1.807) is 0 Å². The van der Waals surface area contributed by atoms with E-state index in [1.165, 1.54) is 22.3 Å². The molecule has 1 amide bonds. The highest BCUT2D eigenvalue weighted by molar-refractivity contribution is 5.95. The molecule has 2 aliphatic rings. The van der Waals surface area contributed by atoms with Gasteiger partial charge in [-0.3, -0.25) is 4.79 Å². The smallest absolute Gasteiger partial charge is 0.254 e. The molecule has 2 aliphatic carbocycles. The summed E-state index contributed by atoms with van der Waals surface area (Å²) in [6, 6.07) is 25.2. The van der Waals surface area contributed by atoms with Crippen LogP contribution in [0.2, 0.25) is 0 Å². The summed E-state index contributed by atoms with van der Waals surface area (Å²) < 4.78 is 0. The second-order valence-electron chi connectivity index (χ2n) is 8.63. The zero-order valence-electron chi connectivity index (χ0n) is 17.4. The first-order chi connectivity index (χ1) is 14.6. The van der Waals surface area contributed by atoms with Crippen molar-refractivity contribution in [1.82, 2.24) is 4.90 Å². The molecule has 3 aromatic carbocycles. The Labute approximate surface area is 178 Å². The van der Waals surface area contributed by atoms with Gasteiger partial charge in [-0.1, -0.05) is 60.7 Å². The molecule has 0 fully saturated rings. The predicted octanol–water partition coefficient (Wildman–Crippen LogP) is 5.52. The number of rotatable bonds is 4. The fourth-order valence-corrected chi connectivity index (χ4v) is 5.25. The lowest BCUT2D eigenvalue weighted by molar-refractivity contribution is 0.0564. The molecule has 5 rings (SSSR count). The lowest BCUT2D eigenvalue weighted by Gasteiger charge is -2.36. The van der Waals surface area contributed by atoms with Gasteiger partial charge in [-0.25, -0.2) is 0 Å². The maximum absolute atomic E-state index is 14.0. The Morgan fingerprint density at radius 1 is 0.867 bits per heavy atom. The third-order valence-electron chi connectivity index (χ3n) is 6.77. The van der Waals surface area contributed by atoms with Crippen LogP contribution in [0.4, 0.5) is 0 Å². The Kier molecular flexibility index (Phi) is 4.92. The van der Waals surface area contributed by atoms with Crippen molar-refractivity contribution in [1.29, 1.82) is 0 Å². The summed E-state index contributed by atoms with van der Waals surface area (Å²) in [5.41, 5.74) is 13.2. The van der Waals surface area contributed by atoms with Crippen LogP contribution in [0.1, 0.15) is 76.1 Å². The molecule has 0 saturated carbocycles. The van der Waals surface area contributed by atoms with Crippen LogP contribution < -0.4 is 5.73 Å². The van der Waals surface area contributed by atoms with Crippen molar-refractivity contribution in [3.8, 4) is 0 Å². The number of carbonyl (C=O) groups is 1. The summed E-state index contributed by atoms with van der Waals surface area (Å²) in [4.78, 5) is 16.2. The molecular formula is C27H28N2O. The van der Waals surface area contributed by atoms with Crippen molar-refractivity contribution in [3.63, 3.8) is 0 Å². The Bertz CT molecular complexity index is 1030. The summed E-state index contributed by atoms with van der Waals surface area (Å²) in [5.74, 6) is 0.112. The molecular weight excluding hydrogens is 368 g/mol. The average molecular weight is 397 g/mol. The highest BCUT2D eigenvalue weighted by atomic mass is 16.2. The maximum Gasteiger partial charge on any atom is 0.254 e. The summed E-state index contributed by atoms with van der Waals surface area (Å²) >= 11 is 0. The molecule has 3 atom stereocenters. The minimum absolute atomic E-state index is 0.0920. The SMILES string of the molecule is CC(N)c1cccc(C(=O)N(C2CCc3ccccc32)C2CCc3ccccc32)c1. The van der Waals surface area contributed by atoms with Crippen molar-refractivity contribution in [2.24, 2.45) is 5.73 Å². The van der Waals surface area contributed by atoms with E-state index in [1.807, 2.05) is 31.2 Å². The van der Waals surface area contributed by atoms with Gasteiger partial charge < -0.3 is 10.6 Å². The van der Waals surface area contributed by atoms with Crippen molar-refractivity contribution in [2.45, 2.75) is 50.7 Å². The molecule has 0 spiro atoms. The van der Waals surface area contributed by atoms with E-state index in [9.17, 15) is 4.79 Å². The van der Waals surface area contributed by atoms with Crippen molar-refractivity contribution in [2.75, 3.05) is 0 Å². The highest BCUT2D eigenvalue weighted by Crippen LogP contribution is 2.45. The van der Waals surface area contributed by atoms with Gasteiger partial charge in [0.05, 0.1) is 12.1 Å². The van der Waals surface area contributed by atoms with E-state index in [4.69, 9.17) is 5.73 Å². The normalized spacial score (nSPS) is 20.5. The molecule has 3 nitrogen and oxygen atoms in total. The summed E-state index contributed by atoms with van der Waals surface area (Å²) in [6.45, 7) is 1.96. The molecule has 0 aliphatic heterocycles. The maximum atomic E-state index is 14.0.